The molecule has 0 saturated carbocycles. The highest BCUT2D eigenvalue weighted by molar-refractivity contribution is 9.10. The zero-order valence-electron chi connectivity index (χ0n) is 7.75. The van der Waals surface area contributed by atoms with Gasteiger partial charge in [-0.15, -0.1) is 11.8 Å². The van der Waals surface area contributed by atoms with E-state index in [-0.39, 0.29) is 0 Å². The lowest BCUT2D eigenvalue weighted by Gasteiger charge is -2.08. The van der Waals surface area contributed by atoms with Crippen LogP contribution in [0.15, 0.2) is 27.6 Å². The predicted molar refractivity (Wildman–Crippen MR) is 61.2 cm³/mol. The van der Waals surface area contributed by atoms with E-state index in [0.717, 1.165) is 15.8 Å². The molecule has 0 unspecified atom stereocenters. The molecule has 1 N–H and O–H groups in total. The Morgan fingerprint density at radius 3 is 2.69 bits per heavy atom. The van der Waals surface area contributed by atoms with Gasteiger partial charge in [-0.25, -0.2) is 0 Å². The van der Waals surface area contributed by atoms with Gasteiger partial charge in [0.2, 0.25) is 0 Å². The molecule has 0 spiro atoms. The van der Waals surface area contributed by atoms with Crippen molar-refractivity contribution < 1.29 is 5.11 Å². The number of thioether (sulfide) groups is 1. The predicted octanol–water partition coefficient (Wildman–Crippen LogP) is 3.61. The number of hydrogen-bond donors (Lipinski definition) is 1. The molecule has 0 heterocycles. The molecule has 3 heteroatoms. The van der Waals surface area contributed by atoms with Crippen LogP contribution in [0.4, 0.5) is 0 Å². The summed E-state index contributed by atoms with van der Waals surface area (Å²) < 4.78 is 0.987. The average Bonchev–Trinajstić information content (AvgIpc) is 2.04. The molecule has 0 aliphatic carbocycles. The van der Waals surface area contributed by atoms with Crippen LogP contribution in [0.5, 0.6) is 0 Å². The lowest BCUT2D eigenvalue weighted by atomic mass is 10.1. The van der Waals surface area contributed by atoms with E-state index in [9.17, 15) is 5.11 Å². The molecule has 72 valence electrons. The van der Waals surface area contributed by atoms with Crippen molar-refractivity contribution in [2.75, 3.05) is 5.75 Å². The fourth-order valence-electron chi connectivity index (χ4n) is 1.10. The highest BCUT2D eigenvalue weighted by Gasteiger charge is 2.06. The van der Waals surface area contributed by atoms with Gasteiger partial charge in [0.05, 0.1) is 6.10 Å². The van der Waals surface area contributed by atoms with Crippen molar-refractivity contribution in [2.45, 2.75) is 24.8 Å². The maximum absolute atomic E-state index is 9.39. The number of hydrogen-bond acceptors (Lipinski definition) is 2. The molecule has 1 nitrogen and oxygen atoms in total. The van der Waals surface area contributed by atoms with Gasteiger partial charge in [0.15, 0.2) is 0 Å². The Kier molecular flexibility index (Phi) is 4.29. The van der Waals surface area contributed by atoms with Gasteiger partial charge in [-0.1, -0.05) is 28.9 Å². The molecule has 0 amide bonds. The van der Waals surface area contributed by atoms with Gasteiger partial charge in [-0.05, 0) is 30.4 Å². The van der Waals surface area contributed by atoms with E-state index >= 15 is 0 Å². The van der Waals surface area contributed by atoms with Gasteiger partial charge < -0.3 is 5.11 Å². The minimum atomic E-state index is -0.407. The maximum Gasteiger partial charge on any atom is 0.0772 e. The van der Waals surface area contributed by atoms with E-state index in [1.54, 1.807) is 18.7 Å². The van der Waals surface area contributed by atoms with E-state index in [4.69, 9.17) is 0 Å². The molecular weight excluding hydrogens is 248 g/mol. The SMILES string of the molecule is CCSc1ccc([C@H](C)O)c(Br)c1. The summed E-state index contributed by atoms with van der Waals surface area (Å²) in [6, 6.07) is 6.06. The minimum absolute atomic E-state index is 0.407. The summed E-state index contributed by atoms with van der Waals surface area (Å²) in [6.07, 6.45) is -0.407. The summed E-state index contributed by atoms with van der Waals surface area (Å²) in [5.41, 5.74) is 0.945. The van der Waals surface area contributed by atoms with Crippen LogP contribution in [0.25, 0.3) is 0 Å². The second-order valence-corrected chi connectivity index (χ2v) is 4.98. The summed E-state index contributed by atoms with van der Waals surface area (Å²) in [5.74, 6) is 1.07. The van der Waals surface area contributed by atoms with Crippen molar-refractivity contribution in [3.05, 3.63) is 28.2 Å². The molecule has 1 atom stereocenters. The highest BCUT2D eigenvalue weighted by Crippen LogP contribution is 2.28. The lowest BCUT2D eigenvalue weighted by molar-refractivity contribution is 0.198. The van der Waals surface area contributed by atoms with Crippen molar-refractivity contribution in [3.8, 4) is 0 Å². The van der Waals surface area contributed by atoms with Gasteiger partial charge >= 0.3 is 0 Å². The average molecular weight is 261 g/mol. The van der Waals surface area contributed by atoms with Gasteiger partial charge in [0.25, 0.3) is 0 Å². The molecule has 0 aliphatic rings. The molecule has 0 fully saturated rings. The van der Waals surface area contributed by atoms with E-state index in [1.165, 1.54) is 4.90 Å². The second kappa shape index (κ2) is 5.03. The summed E-state index contributed by atoms with van der Waals surface area (Å²) in [6.45, 7) is 3.90. The Hall–Kier alpha value is 0.01000. The topological polar surface area (TPSA) is 20.2 Å². The Morgan fingerprint density at radius 1 is 1.54 bits per heavy atom. The maximum atomic E-state index is 9.39. The van der Waals surface area contributed by atoms with Crippen molar-refractivity contribution in [1.82, 2.24) is 0 Å². The first kappa shape index (κ1) is 11.1. The second-order valence-electron chi connectivity index (χ2n) is 2.79. The molecule has 0 aromatic heterocycles. The smallest absolute Gasteiger partial charge is 0.0772 e. The summed E-state index contributed by atoms with van der Waals surface area (Å²) in [5, 5.41) is 9.39. The summed E-state index contributed by atoms with van der Waals surface area (Å²) >= 11 is 5.24. The Morgan fingerprint density at radius 2 is 2.23 bits per heavy atom. The van der Waals surface area contributed by atoms with E-state index in [0.29, 0.717) is 0 Å². The van der Waals surface area contributed by atoms with Crippen LogP contribution in [0, 0.1) is 0 Å². The zero-order valence-corrected chi connectivity index (χ0v) is 10.2. The molecule has 13 heavy (non-hydrogen) atoms. The Bertz CT molecular complexity index is 286. The van der Waals surface area contributed by atoms with Crippen LogP contribution in [0.3, 0.4) is 0 Å². The number of aliphatic hydroxyl groups is 1. The molecule has 1 rings (SSSR count). The van der Waals surface area contributed by atoms with Gasteiger partial charge in [-0.3, -0.25) is 0 Å². The third-order valence-electron chi connectivity index (χ3n) is 1.73. The fourth-order valence-corrected chi connectivity index (χ4v) is 2.66. The van der Waals surface area contributed by atoms with Crippen LogP contribution >= 0.6 is 27.7 Å². The molecule has 1 aromatic rings. The van der Waals surface area contributed by atoms with Crippen molar-refractivity contribution in [3.63, 3.8) is 0 Å². The molecule has 0 radical (unpaired) electrons. The number of halogens is 1. The van der Waals surface area contributed by atoms with Gasteiger partial charge in [0, 0.05) is 9.37 Å². The van der Waals surface area contributed by atoms with Crippen LogP contribution in [0.2, 0.25) is 0 Å². The number of aliphatic hydroxyl groups excluding tert-OH is 1. The Labute approximate surface area is 91.7 Å². The molecular formula is C10H13BrOS. The van der Waals surface area contributed by atoms with Crippen molar-refractivity contribution >= 4 is 27.7 Å². The Balaban J connectivity index is 2.92. The first-order valence-electron chi connectivity index (χ1n) is 4.25. The first-order chi connectivity index (χ1) is 6.15. The monoisotopic (exact) mass is 260 g/mol. The molecule has 1 aromatic carbocycles. The van der Waals surface area contributed by atoms with Gasteiger partial charge in [0.1, 0.15) is 0 Å². The summed E-state index contributed by atoms with van der Waals surface area (Å²) in [4.78, 5) is 1.23. The van der Waals surface area contributed by atoms with Crippen LogP contribution in [-0.4, -0.2) is 10.9 Å². The van der Waals surface area contributed by atoms with Crippen LogP contribution in [0.1, 0.15) is 25.5 Å². The quantitative estimate of drug-likeness (QED) is 0.839. The zero-order chi connectivity index (χ0) is 9.84. The standard InChI is InChI=1S/C10H13BrOS/c1-3-13-8-4-5-9(7(2)12)10(11)6-8/h4-7,12H,3H2,1-2H3/t7-/m0/s1. The number of rotatable bonds is 3. The van der Waals surface area contributed by atoms with Crippen LogP contribution in [-0.2, 0) is 0 Å². The van der Waals surface area contributed by atoms with E-state index in [1.807, 2.05) is 12.1 Å². The van der Waals surface area contributed by atoms with Crippen molar-refractivity contribution in [2.24, 2.45) is 0 Å². The van der Waals surface area contributed by atoms with E-state index in [2.05, 4.69) is 28.9 Å². The van der Waals surface area contributed by atoms with Crippen LogP contribution < -0.4 is 0 Å². The van der Waals surface area contributed by atoms with E-state index < -0.39 is 6.10 Å². The molecule has 0 aliphatic heterocycles. The normalized spacial score (nSPS) is 12.9. The molecule has 0 saturated heterocycles. The third kappa shape index (κ3) is 3.01. The largest absolute Gasteiger partial charge is 0.389 e. The highest BCUT2D eigenvalue weighted by atomic mass is 79.9. The third-order valence-corrected chi connectivity index (χ3v) is 3.30. The number of benzene rings is 1. The minimum Gasteiger partial charge on any atom is -0.389 e. The molecule has 0 bridgehead atoms. The van der Waals surface area contributed by atoms with Gasteiger partial charge in [-0.2, -0.15) is 0 Å². The first-order valence-corrected chi connectivity index (χ1v) is 6.03. The van der Waals surface area contributed by atoms with Crippen molar-refractivity contribution in [1.29, 1.82) is 0 Å². The summed E-state index contributed by atoms with van der Waals surface area (Å²) in [7, 11) is 0. The fraction of sp³-hybridized carbons (Fsp3) is 0.400. The lowest BCUT2D eigenvalue weighted by Crippen LogP contribution is -1.92.